The first-order valence-corrected chi connectivity index (χ1v) is 11.3. The number of methoxy groups -OCH3 is 2. The molecule has 1 N–H and O–H groups in total. The number of nitrogens with zero attached hydrogens (tertiary/aromatic N) is 1. The quantitative estimate of drug-likeness (QED) is 0.723. The Kier molecular flexibility index (Phi) is 6.40. The van der Waals surface area contributed by atoms with E-state index in [9.17, 15) is 9.59 Å². The smallest absolute Gasteiger partial charge is 0.246 e. The number of benzene rings is 2. The summed E-state index contributed by atoms with van der Waals surface area (Å²) in [6, 6.07) is 13.0. The maximum atomic E-state index is 13.7. The van der Waals surface area contributed by atoms with Gasteiger partial charge in [0.2, 0.25) is 11.8 Å². The average molecular weight is 437 g/mol. The van der Waals surface area contributed by atoms with E-state index in [2.05, 4.69) is 31.3 Å². The molecule has 0 saturated carbocycles. The van der Waals surface area contributed by atoms with Gasteiger partial charge in [-0.25, -0.2) is 0 Å². The summed E-state index contributed by atoms with van der Waals surface area (Å²) < 4.78 is 10.8. The third-order valence-electron chi connectivity index (χ3n) is 6.58. The summed E-state index contributed by atoms with van der Waals surface area (Å²) in [6.07, 6.45) is 2.25. The number of carbonyl (C=O) groups is 2. The Morgan fingerprint density at radius 2 is 1.66 bits per heavy atom. The van der Waals surface area contributed by atoms with E-state index < -0.39 is 12.1 Å². The molecule has 2 amide bonds. The fourth-order valence-electron chi connectivity index (χ4n) is 4.98. The minimum atomic E-state index is -0.501. The lowest BCUT2D eigenvalue weighted by Gasteiger charge is -2.41. The maximum absolute atomic E-state index is 13.7. The topological polar surface area (TPSA) is 67.9 Å². The second-order valence-electron chi connectivity index (χ2n) is 9.22. The molecule has 32 heavy (non-hydrogen) atoms. The van der Waals surface area contributed by atoms with Crippen LogP contribution in [0.1, 0.15) is 37.0 Å². The van der Waals surface area contributed by atoms with Gasteiger partial charge in [-0.1, -0.05) is 44.2 Å². The minimum absolute atomic E-state index is 0.00263. The lowest BCUT2D eigenvalue weighted by atomic mass is 9.90. The third kappa shape index (κ3) is 4.31. The SMILES string of the molecule is COc1ccc(CN2C(=O)[C@@H](C3Cc4ccccc4C3)NC(=O)[C@H]2CC(C)C)cc1OC. The van der Waals surface area contributed by atoms with Crippen molar-refractivity contribution in [2.75, 3.05) is 14.2 Å². The molecule has 2 aromatic carbocycles. The Labute approximate surface area is 189 Å². The van der Waals surface area contributed by atoms with E-state index in [1.54, 1.807) is 19.1 Å². The molecule has 1 saturated heterocycles. The normalized spacial score (nSPS) is 21.0. The van der Waals surface area contributed by atoms with Crippen LogP contribution in [-0.4, -0.2) is 43.0 Å². The number of piperazine rings is 1. The second-order valence-corrected chi connectivity index (χ2v) is 9.22. The number of rotatable bonds is 7. The van der Waals surface area contributed by atoms with Gasteiger partial charge in [-0.15, -0.1) is 0 Å². The van der Waals surface area contributed by atoms with E-state index >= 15 is 0 Å². The van der Waals surface area contributed by atoms with Crippen LogP contribution in [0.3, 0.4) is 0 Å². The number of ether oxygens (including phenoxy) is 2. The first kappa shape index (κ1) is 22.2. The van der Waals surface area contributed by atoms with Crippen molar-refractivity contribution in [3.63, 3.8) is 0 Å². The van der Waals surface area contributed by atoms with Crippen molar-refractivity contribution in [2.24, 2.45) is 11.8 Å². The lowest BCUT2D eigenvalue weighted by molar-refractivity contribution is -0.152. The Morgan fingerprint density at radius 1 is 1.00 bits per heavy atom. The van der Waals surface area contributed by atoms with Gasteiger partial charge in [0.15, 0.2) is 11.5 Å². The fraction of sp³-hybridized carbons (Fsp3) is 0.462. The molecule has 0 aromatic heterocycles. The number of nitrogens with one attached hydrogen (secondary N) is 1. The van der Waals surface area contributed by atoms with Crippen LogP contribution in [0.4, 0.5) is 0 Å². The Balaban J connectivity index is 1.61. The summed E-state index contributed by atoms with van der Waals surface area (Å²) >= 11 is 0. The molecule has 1 aliphatic carbocycles. The van der Waals surface area contributed by atoms with Crippen LogP contribution in [0.5, 0.6) is 11.5 Å². The molecule has 1 aliphatic heterocycles. The van der Waals surface area contributed by atoms with Crippen LogP contribution in [0.2, 0.25) is 0 Å². The standard InChI is InChI=1S/C26H32N2O4/c1-16(2)11-21-25(29)27-24(20-13-18-7-5-6-8-19(18)14-20)26(30)28(21)15-17-9-10-22(31-3)23(12-17)32-4/h5-10,12,16,20-21,24H,11,13-15H2,1-4H3,(H,27,29)/t21-,24-/m1/s1. The molecular formula is C26H32N2O4. The van der Waals surface area contributed by atoms with Crippen LogP contribution in [0.15, 0.2) is 42.5 Å². The molecule has 0 spiro atoms. The second kappa shape index (κ2) is 9.23. The van der Waals surface area contributed by atoms with Gasteiger partial charge in [0.1, 0.15) is 12.1 Å². The number of hydrogen-bond acceptors (Lipinski definition) is 4. The van der Waals surface area contributed by atoms with E-state index in [0.29, 0.717) is 30.4 Å². The molecule has 2 aliphatic rings. The van der Waals surface area contributed by atoms with Crippen molar-refractivity contribution in [1.82, 2.24) is 10.2 Å². The molecule has 6 heteroatoms. The van der Waals surface area contributed by atoms with Crippen LogP contribution in [-0.2, 0) is 29.0 Å². The zero-order valence-electron chi connectivity index (χ0n) is 19.3. The molecule has 2 aromatic rings. The van der Waals surface area contributed by atoms with Crippen molar-refractivity contribution in [3.8, 4) is 11.5 Å². The van der Waals surface area contributed by atoms with Gasteiger partial charge < -0.3 is 19.7 Å². The molecular weight excluding hydrogens is 404 g/mol. The fourth-order valence-corrected chi connectivity index (χ4v) is 4.98. The summed E-state index contributed by atoms with van der Waals surface area (Å²) in [6.45, 7) is 4.51. The van der Waals surface area contributed by atoms with Crippen molar-refractivity contribution in [1.29, 1.82) is 0 Å². The molecule has 6 nitrogen and oxygen atoms in total. The first-order chi connectivity index (χ1) is 15.4. The highest BCUT2D eigenvalue weighted by Gasteiger charge is 2.45. The Bertz CT molecular complexity index is 978. The minimum Gasteiger partial charge on any atom is -0.493 e. The van der Waals surface area contributed by atoms with E-state index in [4.69, 9.17) is 9.47 Å². The predicted molar refractivity (Wildman–Crippen MR) is 123 cm³/mol. The van der Waals surface area contributed by atoms with E-state index in [-0.39, 0.29) is 17.7 Å². The molecule has 1 heterocycles. The zero-order valence-corrected chi connectivity index (χ0v) is 19.3. The van der Waals surface area contributed by atoms with E-state index in [1.807, 2.05) is 30.3 Å². The van der Waals surface area contributed by atoms with Crippen molar-refractivity contribution in [3.05, 3.63) is 59.2 Å². The summed E-state index contributed by atoms with van der Waals surface area (Å²) in [4.78, 5) is 28.7. The van der Waals surface area contributed by atoms with E-state index in [0.717, 1.165) is 18.4 Å². The molecule has 170 valence electrons. The molecule has 1 fully saturated rings. The summed E-state index contributed by atoms with van der Waals surface area (Å²) in [5.74, 6) is 1.57. The van der Waals surface area contributed by atoms with Crippen molar-refractivity contribution >= 4 is 11.8 Å². The third-order valence-corrected chi connectivity index (χ3v) is 6.58. The highest BCUT2D eigenvalue weighted by atomic mass is 16.5. The van der Waals surface area contributed by atoms with Crippen molar-refractivity contribution < 1.29 is 19.1 Å². The number of amides is 2. The summed E-state index contributed by atoms with van der Waals surface area (Å²) in [5, 5.41) is 3.08. The number of fused-ring (bicyclic) bond motifs is 1. The molecule has 0 radical (unpaired) electrons. The molecule has 0 bridgehead atoms. The first-order valence-electron chi connectivity index (χ1n) is 11.3. The highest BCUT2D eigenvalue weighted by Crippen LogP contribution is 2.33. The van der Waals surface area contributed by atoms with Crippen LogP contribution in [0.25, 0.3) is 0 Å². The monoisotopic (exact) mass is 436 g/mol. The van der Waals surface area contributed by atoms with Gasteiger partial charge >= 0.3 is 0 Å². The predicted octanol–water partition coefficient (Wildman–Crippen LogP) is 3.36. The number of carbonyl (C=O) groups excluding carboxylic acids is 2. The van der Waals surface area contributed by atoms with Crippen LogP contribution >= 0.6 is 0 Å². The van der Waals surface area contributed by atoms with E-state index in [1.165, 1.54) is 11.1 Å². The molecule has 0 unspecified atom stereocenters. The maximum Gasteiger partial charge on any atom is 0.246 e. The average Bonchev–Trinajstić information content (AvgIpc) is 3.22. The van der Waals surface area contributed by atoms with Gasteiger partial charge in [0.05, 0.1) is 14.2 Å². The van der Waals surface area contributed by atoms with Gasteiger partial charge in [-0.05, 0) is 59.9 Å². The highest BCUT2D eigenvalue weighted by molar-refractivity contribution is 5.97. The van der Waals surface area contributed by atoms with Gasteiger partial charge in [-0.2, -0.15) is 0 Å². The van der Waals surface area contributed by atoms with Gasteiger partial charge in [0, 0.05) is 6.54 Å². The van der Waals surface area contributed by atoms with Gasteiger partial charge in [0.25, 0.3) is 0 Å². The summed E-state index contributed by atoms with van der Waals surface area (Å²) in [7, 11) is 3.19. The largest absolute Gasteiger partial charge is 0.493 e. The Hall–Kier alpha value is -3.02. The van der Waals surface area contributed by atoms with Crippen LogP contribution < -0.4 is 14.8 Å². The summed E-state index contributed by atoms with van der Waals surface area (Å²) in [5.41, 5.74) is 3.46. The van der Waals surface area contributed by atoms with Crippen LogP contribution in [0, 0.1) is 11.8 Å². The van der Waals surface area contributed by atoms with Gasteiger partial charge in [-0.3, -0.25) is 9.59 Å². The molecule has 4 rings (SSSR count). The lowest BCUT2D eigenvalue weighted by Crippen LogP contribution is -2.65. The zero-order chi connectivity index (χ0) is 22.8. The molecule has 2 atom stereocenters. The number of hydrogen-bond donors (Lipinski definition) is 1. The Morgan fingerprint density at radius 3 is 2.25 bits per heavy atom. The van der Waals surface area contributed by atoms with Crippen molar-refractivity contribution in [2.45, 2.75) is 51.7 Å².